The fourth-order valence-electron chi connectivity index (χ4n) is 4.35. The highest BCUT2D eigenvalue weighted by molar-refractivity contribution is 6.04. The number of aromatic nitrogens is 2. The second kappa shape index (κ2) is 9.26. The van der Waals surface area contributed by atoms with Gasteiger partial charge in [-0.3, -0.25) is 19.6 Å². The van der Waals surface area contributed by atoms with Crippen LogP contribution in [-0.4, -0.2) is 58.0 Å². The molecule has 4 aromatic rings. The zero-order valence-electron chi connectivity index (χ0n) is 18.1. The summed E-state index contributed by atoms with van der Waals surface area (Å²) in [6.45, 7) is 2.25. The molecule has 166 valence electrons. The van der Waals surface area contributed by atoms with Crippen LogP contribution in [0, 0.1) is 0 Å². The predicted octanol–water partition coefficient (Wildman–Crippen LogP) is 3.70. The second-order valence-electron chi connectivity index (χ2n) is 8.11. The first-order valence-electron chi connectivity index (χ1n) is 11.1. The van der Waals surface area contributed by atoms with Crippen molar-refractivity contribution in [2.75, 3.05) is 31.5 Å². The molecule has 2 heterocycles. The van der Waals surface area contributed by atoms with Gasteiger partial charge < -0.3 is 10.2 Å². The number of para-hydroxylation sites is 2. The maximum atomic E-state index is 13.3. The summed E-state index contributed by atoms with van der Waals surface area (Å²) in [5.74, 6) is -0.164. The van der Waals surface area contributed by atoms with Crippen molar-refractivity contribution in [3.63, 3.8) is 0 Å². The van der Waals surface area contributed by atoms with Crippen LogP contribution in [0.4, 0.5) is 5.69 Å². The standard InChI is InChI=1S/C26H25N5O2/c32-25(27-20-11-5-2-6-12-20)24(19-9-3-1-4-10-19)30-15-17-31(18-16-30)26(33)23-21-13-7-8-14-22(21)28-29-23/h1-14,24H,15-18H2,(H,27,32)(H,28,29)/t24-/m0/s1. The van der Waals surface area contributed by atoms with Crippen LogP contribution in [0.25, 0.3) is 10.9 Å². The van der Waals surface area contributed by atoms with Gasteiger partial charge in [-0.2, -0.15) is 5.10 Å². The molecule has 0 spiro atoms. The number of anilines is 1. The van der Waals surface area contributed by atoms with Crippen molar-refractivity contribution in [2.45, 2.75) is 6.04 Å². The Balaban J connectivity index is 1.32. The summed E-state index contributed by atoms with van der Waals surface area (Å²) in [5, 5.41) is 11.1. The van der Waals surface area contributed by atoms with E-state index in [4.69, 9.17) is 0 Å². The Labute approximate surface area is 192 Å². The Morgan fingerprint density at radius 3 is 2.18 bits per heavy atom. The van der Waals surface area contributed by atoms with Gasteiger partial charge >= 0.3 is 0 Å². The van der Waals surface area contributed by atoms with Crippen molar-refractivity contribution in [2.24, 2.45) is 0 Å². The van der Waals surface area contributed by atoms with E-state index >= 15 is 0 Å². The number of benzene rings is 3. The number of fused-ring (bicyclic) bond motifs is 1. The van der Waals surface area contributed by atoms with Gasteiger partial charge in [0.15, 0.2) is 5.69 Å². The average Bonchev–Trinajstić information content (AvgIpc) is 3.30. The van der Waals surface area contributed by atoms with Crippen LogP contribution in [0.15, 0.2) is 84.9 Å². The highest BCUT2D eigenvalue weighted by atomic mass is 16.2. The third-order valence-electron chi connectivity index (χ3n) is 6.04. The van der Waals surface area contributed by atoms with Gasteiger partial charge in [-0.1, -0.05) is 66.7 Å². The lowest BCUT2D eigenvalue weighted by Gasteiger charge is -2.38. The molecule has 0 unspecified atom stereocenters. The largest absolute Gasteiger partial charge is 0.335 e. The summed E-state index contributed by atoms with van der Waals surface area (Å²) < 4.78 is 0. The third-order valence-corrected chi connectivity index (χ3v) is 6.04. The van der Waals surface area contributed by atoms with Crippen LogP contribution < -0.4 is 5.32 Å². The molecule has 7 heteroatoms. The van der Waals surface area contributed by atoms with Crippen LogP contribution in [0.2, 0.25) is 0 Å². The first-order chi connectivity index (χ1) is 16.2. The molecule has 2 N–H and O–H groups in total. The predicted molar refractivity (Wildman–Crippen MR) is 128 cm³/mol. The minimum absolute atomic E-state index is 0.0783. The fourth-order valence-corrected chi connectivity index (χ4v) is 4.35. The highest BCUT2D eigenvalue weighted by Crippen LogP contribution is 2.25. The molecule has 5 rings (SSSR count). The summed E-state index contributed by atoms with van der Waals surface area (Å²) in [5.41, 5.74) is 2.99. The number of piperazine rings is 1. The Hall–Kier alpha value is -3.97. The van der Waals surface area contributed by atoms with E-state index in [0.717, 1.165) is 22.2 Å². The lowest BCUT2D eigenvalue weighted by molar-refractivity contribution is -0.122. The number of carbonyl (C=O) groups excluding carboxylic acids is 2. The summed E-state index contributed by atoms with van der Waals surface area (Å²) >= 11 is 0. The molecule has 3 aromatic carbocycles. The lowest BCUT2D eigenvalue weighted by atomic mass is 10.0. The number of nitrogens with zero attached hydrogens (tertiary/aromatic N) is 3. The van der Waals surface area contributed by atoms with Gasteiger partial charge in [-0.25, -0.2) is 0 Å². The van der Waals surface area contributed by atoms with Gasteiger partial charge in [0.1, 0.15) is 6.04 Å². The summed E-state index contributed by atoms with van der Waals surface area (Å²) in [7, 11) is 0. The number of carbonyl (C=O) groups is 2. The van der Waals surface area contributed by atoms with E-state index in [2.05, 4.69) is 20.4 Å². The Morgan fingerprint density at radius 1 is 0.818 bits per heavy atom. The number of aromatic amines is 1. The van der Waals surface area contributed by atoms with E-state index in [1.165, 1.54) is 0 Å². The Bertz CT molecular complexity index is 1250. The fraction of sp³-hybridized carbons (Fsp3) is 0.192. The van der Waals surface area contributed by atoms with Crippen molar-refractivity contribution in [3.8, 4) is 0 Å². The number of amides is 2. The van der Waals surface area contributed by atoms with E-state index in [9.17, 15) is 9.59 Å². The molecule has 0 saturated carbocycles. The zero-order valence-corrected chi connectivity index (χ0v) is 18.1. The number of hydrogen-bond acceptors (Lipinski definition) is 4. The zero-order chi connectivity index (χ0) is 22.6. The molecule has 7 nitrogen and oxygen atoms in total. The van der Waals surface area contributed by atoms with Crippen LogP contribution in [0.5, 0.6) is 0 Å². The molecule has 1 aliphatic heterocycles. The first kappa shape index (κ1) is 20.9. The van der Waals surface area contributed by atoms with Gasteiger partial charge in [0, 0.05) is 37.3 Å². The normalized spacial score (nSPS) is 15.3. The molecule has 1 fully saturated rings. The molecule has 0 bridgehead atoms. The SMILES string of the molecule is O=C(Nc1ccccc1)[C@H](c1ccccc1)N1CCN(C(=O)c2n[nH]c3ccccc23)CC1. The molecule has 0 radical (unpaired) electrons. The smallest absolute Gasteiger partial charge is 0.275 e. The number of H-pyrrole nitrogens is 1. The van der Waals surface area contributed by atoms with Crippen LogP contribution in [-0.2, 0) is 4.79 Å². The van der Waals surface area contributed by atoms with Crippen molar-refractivity contribution in [1.82, 2.24) is 20.0 Å². The maximum absolute atomic E-state index is 13.3. The molecule has 1 saturated heterocycles. The van der Waals surface area contributed by atoms with E-state index in [-0.39, 0.29) is 11.8 Å². The van der Waals surface area contributed by atoms with Crippen LogP contribution >= 0.6 is 0 Å². The Morgan fingerprint density at radius 2 is 1.45 bits per heavy atom. The second-order valence-corrected chi connectivity index (χ2v) is 8.11. The van der Waals surface area contributed by atoms with Gasteiger partial charge in [0.2, 0.25) is 5.91 Å². The molecule has 1 atom stereocenters. The van der Waals surface area contributed by atoms with E-state index in [1.807, 2.05) is 89.8 Å². The van der Waals surface area contributed by atoms with Gasteiger partial charge in [-0.15, -0.1) is 0 Å². The van der Waals surface area contributed by atoms with E-state index in [0.29, 0.717) is 31.9 Å². The highest BCUT2D eigenvalue weighted by Gasteiger charge is 2.32. The first-order valence-corrected chi connectivity index (χ1v) is 11.1. The monoisotopic (exact) mass is 439 g/mol. The quantitative estimate of drug-likeness (QED) is 0.497. The summed E-state index contributed by atoms with van der Waals surface area (Å²) in [4.78, 5) is 30.4. The van der Waals surface area contributed by atoms with E-state index < -0.39 is 6.04 Å². The van der Waals surface area contributed by atoms with Crippen LogP contribution in [0.3, 0.4) is 0 Å². The molecule has 1 aromatic heterocycles. The molecule has 2 amide bonds. The van der Waals surface area contributed by atoms with Crippen molar-refractivity contribution in [3.05, 3.63) is 96.2 Å². The van der Waals surface area contributed by atoms with Crippen molar-refractivity contribution >= 4 is 28.4 Å². The minimum atomic E-state index is -0.435. The van der Waals surface area contributed by atoms with Gasteiger partial charge in [-0.05, 0) is 23.8 Å². The third kappa shape index (κ3) is 4.36. The van der Waals surface area contributed by atoms with Gasteiger partial charge in [0.05, 0.1) is 5.52 Å². The average molecular weight is 440 g/mol. The maximum Gasteiger partial charge on any atom is 0.275 e. The molecule has 1 aliphatic rings. The van der Waals surface area contributed by atoms with Crippen molar-refractivity contribution < 1.29 is 9.59 Å². The minimum Gasteiger partial charge on any atom is -0.335 e. The Kier molecular flexibility index (Phi) is 5.87. The topological polar surface area (TPSA) is 81.3 Å². The number of hydrogen-bond donors (Lipinski definition) is 2. The summed E-state index contributed by atoms with van der Waals surface area (Å²) in [6, 6.07) is 26.5. The molecule has 0 aliphatic carbocycles. The molecular formula is C26H25N5O2. The summed E-state index contributed by atoms with van der Waals surface area (Å²) in [6.07, 6.45) is 0. The lowest BCUT2D eigenvalue weighted by Crippen LogP contribution is -2.51. The molecular weight excluding hydrogens is 414 g/mol. The molecule has 33 heavy (non-hydrogen) atoms. The van der Waals surface area contributed by atoms with Crippen molar-refractivity contribution in [1.29, 1.82) is 0 Å². The number of rotatable bonds is 5. The number of nitrogens with one attached hydrogen (secondary N) is 2. The van der Waals surface area contributed by atoms with Gasteiger partial charge in [0.25, 0.3) is 5.91 Å². The van der Waals surface area contributed by atoms with Crippen LogP contribution in [0.1, 0.15) is 22.1 Å². The van der Waals surface area contributed by atoms with E-state index in [1.54, 1.807) is 0 Å².